The first kappa shape index (κ1) is 11.9. The second kappa shape index (κ2) is 4.57. The van der Waals surface area contributed by atoms with Gasteiger partial charge in [0.05, 0.1) is 17.1 Å². The molecule has 2 unspecified atom stereocenters. The van der Waals surface area contributed by atoms with Gasteiger partial charge in [-0.05, 0) is 13.8 Å². The van der Waals surface area contributed by atoms with Crippen LogP contribution in [0.25, 0.3) is 0 Å². The van der Waals surface area contributed by atoms with Crippen LogP contribution in [-0.2, 0) is 14.7 Å². The fourth-order valence-electron chi connectivity index (χ4n) is 1.77. The van der Waals surface area contributed by atoms with E-state index >= 15 is 0 Å². The molecular formula is C8H18N2O3S. The van der Waals surface area contributed by atoms with E-state index in [1.54, 1.807) is 13.8 Å². The van der Waals surface area contributed by atoms with Crippen molar-refractivity contribution in [1.29, 1.82) is 0 Å². The van der Waals surface area contributed by atoms with Crippen LogP contribution in [0.3, 0.4) is 0 Å². The number of hydrogen-bond donors (Lipinski definition) is 1. The Balaban J connectivity index is 2.57. The molecule has 0 radical (unpaired) electrons. The summed E-state index contributed by atoms with van der Waals surface area (Å²) in [6.07, 6.45) is 0. The molecule has 1 saturated heterocycles. The molecule has 6 heteroatoms. The van der Waals surface area contributed by atoms with E-state index in [-0.39, 0.29) is 10.5 Å². The molecule has 84 valence electrons. The van der Waals surface area contributed by atoms with E-state index in [4.69, 9.17) is 5.90 Å². The molecule has 0 bridgehead atoms. The van der Waals surface area contributed by atoms with Crippen LogP contribution < -0.4 is 5.90 Å². The van der Waals surface area contributed by atoms with E-state index in [0.29, 0.717) is 26.2 Å². The molecule has 0 aromatic carbocycles. The predicted octanol–water partition coefficient (Wildman–Crippen LogP) is -0.616. The SMILES string of the molecule is CC1CN(CCON)CC(C)S1(=O)=O. The third-order valence-corrected chi connectivity index (χ3v) is 5.22. The molecule has 0 saturated carbocycles. The Kier molecular flexibility index (Phi) is 3.88. The van der Waals surface area contributed by atoms with Gasteiger partial charge >= 0.3 is 0 Å². The van der Waals surface area contributed by atoms with Crippen molar-refractivity contribution in [1.82, 2.24) is 4.90 Å². The van der Waals surface area contributed by atoms with Crippen LogP contribution in [0.5, 0.6) is 0 Å². The quantitative estimate of drug-likeness (QED) is 0.645. The molecule has 1 aliphatic rings. The molecular weight excluding hydrogens is 204 g/mol. The zero-order chi connectivity index (χ0) is 10.8. The largest absolute Gasteiger partial charge is 0.303 e. The van der Waals surface area contributed by atoms with E-state index in [1.165, 1.54) is 0 Å². The fourth-order valence-corrected chi connectivity index (χ4v) is 3.40. The van der Waals surface area contributed by atoms with Crippen molar-refractivity contribution in [2.45, 2.75) is 24.3 Å². The first-order chi connectivity index (χ1) is 6.48. The second-order valence-corrected chi connectivity index (χ2v) is 6.63. The summed E-state index contributed by atoms with van der Waals surface area (Å²) < 4.78 is 23.3. The normalized spacial score (nSPS) is 33.1. The number of hydrogen-bond acceptors (Lipinski definition) is 5. The molecule has 0 aromatic heterocycles. The van der Waals surface area contributed by atoms with Gasteiger partial charge in [0.15, 0.2) is 9.84 Å². The Labute approximate surface area is 85.1 Å². The van der Waals surface area contributed by atoms with Gasteiger partial charge in [-0.1, -0.05) is 0 Å². The van der Waals surface area contributed by atoms with Crippen LogP contribution in [0, 0.1) is 0 Å². The van der Waals surface area contributed by atoms with Crippen molar-refractivity contribution < 1.29 is 13.3 Å². The van der Waals surface area contributed by atoms with Crippen LogP contribution >= 0.6 is 0 Å². The lowest BCUT2D eigenvalue weighted by atomic mass is 10.3. The van der Waals surface area contributed by atoms with Crippen molar-refractivity contribution in [3.05, 3.63) is 0 Å². The van der Waals surface area contributed by atoms with Gasteiger partial charge < -0.3 is 4.84 Å². The molecule has 0 spiro atoms. The molecule has 0 aromatic rings. The average Bonchev–Trinajstić information content (AvgIpc) is 2.11. The Morgan fingerprint density at radius 2 is 1.86 bits per heavy atom. The highest BCUT2D eigenvalue weighted by atomic mass is 32.2. The van der Waals surface area contributed by atoms with Gasteiger partial charge in [-0.15, -0.1) is 0 Å². The summed E-state index contributed by atoms with van der Waals surface area (Å²) >= 11 is 0. The van der Waals surface area contributed by atoms with Gasteiger partial charge in [-0.2, -0.15) is 0 Å². The third-order valence-electron chi connectivity index (χ3n) is 2.68. The highest BCUT2D eigenvalue weighted by Gasteiger charge is 2.35. The maximum absolute atomic E-state index is 11.6. The summed E-state index contributed by atoms with van der Waals surface area (Å²) in [6, 6.07) is 0. The lowest BCUT2D eigenvalue weighted by Gasteiger charge is -2.34. The van der Waals surface area contributed by atoms with Crippen molar-refractivity contribution in [3.63, 3.8) is 0 Å². The molecule has 1 rings (SSSR count). The molecule has 0 aliphatic carbocycles. The Bertz CT molecular complexity index is 260. The molecule has 1 fully saturated rings. The summed E-state index contributed by atoms with van der Waals surface area (Å²) in [7, 11) is -2.91. The zero-order valence-electron chi connectivity index (χ0n) is 8.64. The molecule has 5 nitrogen and oxygen atoms in total. The van der Waals surface area contributed by atoms with Crippen LogP contribution in [0.1, 0.15) is 13.8 Å². The lowest BCUT2D eigenvalue weighted by Crippen LogP contribution is -2.50. The highest BCUT2D eigenvalue weighted by Crippen LogP contribution is 2.17. The summed E-state index contributed by atoms with van der Waals surface area (Å²) in [5, 5.41) is -0.576. The van der Waals surface area contributed by atoms with Crippen LogP contribution in [0.15, 0.2) is 0 Å². The molecule has 0 amide bonds. The number of rotatable bonds is 3. The van der Waals surface area contributed by atoms with Gasteiger partial charge in [-0.25, -0.2) is 14.3 Å². The van der Waals surface area contributed by atoms with Gasteiger partial charge in [0, 0.05) is 19.6 Å². The Hall–Kier alpha value is -0.170. The van der Waals surface area contributed by atoms with Crippen LogP contribution in [0.4, 0.5) is 0 Å². The van der Waals surface area contributed by atoms with Crippen LogP contribution in [-0.4, -0.2) is 50.1 Å². The molecule has 2 atom stereocenters. The second-order valence-electron chi connectivity index (χ2n) is 3.84. The van der Waals surface area contributed by atoms with Crippen LogP contribution in [0.2, 0.25) is 0 Å². The summed E-state index contributed by atoms with van der Waals surface area (Å²) in [5.41, 5.74) is 0. The van der Waals surface area contributed by atoms with E-state index < -0.39 is 9.84 Å². The van der Waals surface area contributed by atoms with E-state index in [0.717, 1.165) is 0 Å². The minimum Gasteiger partial charge on any atom is -0.303 e. The van der Waals surface area contributed by atoms with Crippen molar-refractivity contribution in [2.24, 2.45) is 5.90 Å². The summed E-state index contributed by atoms with van der Waals surface area (Å²) in [5.74, 6) is 4.92. The summed E-state index contributed by atoms with van der Waals surface area (Å²) in [4.78, 5) is 6.55. The van der Waals surface area contributed by atoms with E-state index in [2.05, 4.69) is 9.74 Å². The molecule has 2 N–H and O–H groups in total. The highest BCUT2D eigenvalue weighted by molar-refractivity contribution is 7.92. The lowest BCUT2D eigenvalue weighted by molar-refractivity contribution is 0.104. The minimum absolute atomic E-state index is 0.288. The Morgan fingerprint density at radius 1 is 1.36 bits per heavy atom. The maximum Gasteiger partial charge on any atom is 0.157 e. The standard InChI is InChI=1S/C8H18N2O3S/c1-7-5-10(3-4-13-9)6-8(2)14(7,11)12/h7-8H,3-6,9H2,1-2H3. The van der Waals surface area contributed by atoms with Crippen molar-refractivity contribution in [3.8, 4) is 0 Å². The zero-order valence-corrected chi connectivity index (χ0v) is 9.46. The van der Waals surface area contributed by atoms with E-state index in [1.807, 2.05) is 0 Å². The van der Waals surface area contributed by atoms with Crippen molar-refractivity contribution in [2.75, 3.05) is 26.2 Å². The van der Waals surface area contributed by atoms with Gasteiger partial charge in [0.25, 0.3) is 0 Å². The first-order valence-electron chi connectivity index (χ1n) is 4.75. The third kappa shape index (κ3) is 2.44. The van der Waals surface area contributed by atoms with Crippen molar-refractivity contribution >= 4 is 9.84 Å². The molecule has 14 heavy (non-hydrogen) atoms. The average molecular weight is 222 g/mol. The van der Waals surface area contributed by atoms with Gasteiger partial charge in [0.1, 0.15) is 0 Å². The number of nitrogens with two attached hydrogens (primary N) is 1. The number of sulfone groups is 1. The number of nitrogens with zero attached hydrogens (tertiary/aromatic N) is 1. The van der Waals surface area contributed by atoms with E-state index in [9.17, 15) is 8.42 Å². The Morgan fingerprint density at radius 3 is 2.29 bits per heavy atom. The van der Waals surface area contributed by atoms with Gasteiger partial charge in [-0.3, -0.25) is 4.90 Å². The first-order valence-corrected chi connectivity index (χ1v) is 6.36. The molecule has 1 heterocycles. The van der Waals surface area contributed by atoms with Gasteiger partial charge in [0.2, 0.25) is 0 Å². The molecule has 1 aliphatic heterocycles. The topological polar surface area (TPSA) is 72.6 Å². The monoisotopic (exact) mass is 222 g/mol. The summed E-state index contributed by atoms with van der Waals surface area (Å²) in [6.45, 7) is 5.80. The smallest absolute Gasteiger partial charge is 0.157 e. The predicted molar refractivity (Wildman–Crippen MR) is 54.4 cm³/mol. The minimum atomic E-state index is -2.91. The fraction of sp³-hybridized carbons (Fsp3) is 1.00. The maximum atomic E-state index is 11.6.